The number of primary amides is 1. The van der Waals surface area contributed by atoms with Gasteiger partial charge >= 0.3 is 0 Å². The van der Waals surface area contributed by atoms with Gasteiger partial charge in [0, 0.05) is 6.54 Å². The molecule has 0 heterocycles. The van der Waals surface area contributed by atoms with Crippen LogP contribution < -0.4 is 11.1 Å². The predicted molar refractivity (Wildman–Crippen MR) is 58.1 cm³/mol. The lowest BCUT2D eigenvalue weighted by atomic mass is 10.2. The van der Waals surface area contributed by atoms with Crippen LogP contribution in [0.1, 0.15) is 12.0 Å². The van der Waals surface area contributed by atoms with Crippen molar-refractivity contribution in [2.75, 3.05) is 0 Å². The summed E-state index contributed by atoms with van der Waals surface area (Å²) in [5.41, 5.74) is 5.78. The van der Waals surface area contributed by atoms with Crippen LogP contribution in [0.5, 0.6) is 0 Å². The lowest BCUT2D eigenvalue weighted by Gasteiger charge is -2.09. The minimum Gasteiger partial charge on any atom is -0.383 e. The maximum Gasteiger partial charge on any atom is 0.249 e. The molecule has 0 saturated carbocycles. The molecule has 0 aliphatic rings. The van der Waals surface area contributed by atoms with Gasteiger partial charge < -0.3 is 16.2 Å². The first-order chi connectivity index (χ1) is 7.59. The summed E-state index contributed by atoms with van der Waals surface area (Å²) in [5, 5.41) is 11.8. The second-order valence-corrected chi connectivity index (χ2v) is 3.39. The second-order valence-electron chi connectivity index (χ2n) is 3.39. The zero-order valence-corrected chi connectivity index (χ0v) is 8.72. The molecule has 0 saturated heterocycles. The van der Waals surface area contributed by atoms with Gasteiger partial charge in [0.15, 0.2) is 0 Å². The maximum atomic E-state index is 11.3. The summed E-state index contributed by atoms with van der Waals surface area (Å²) in [6, 6.07) is 9.26. The summed E-state index contributed by atoms with van der Waals surface area (Å²) >= 11 is 0. The largest absolute Gasteiger partial charge is 0.383 e. The van der Waals surface area contributed by atoms with Gasteiger partial charge in [-0.05, 0) is 5.56 Å². The monoisotopic (exact) mass is 222 g/mol. The molecule has 0 aromatic heterocycles. The van der Waals surface area contributed by atoms with E-state index in [0.29, 0.717) is 6.54 Å². The Bertz CT molecular complexity index is 365. The van der Waals surface area contributed by atoms with Gasteiger partial charge in [0.1, 0.15) is 6.10 Å². The Kier molecular flexibility index (Phi) is 4.47. The highest BCUT2D eigenvalue weighted by molar-refractivity contribution is 5.86. The number of nitrogens with one attached hydrogen (secondary N) is 1. The zero-order chi connectivity index (χ0) is 12.0. The number of aliphatic hydroxyl groups excluding tert-OH is 1. The number of nitrogens with two attached hydrogens (primary N) is 1. The van der Waals surface area contributed by atoms with Gasteiger partial charge in [-0.15, -0.1) is 0 Å². The third kappa shape index (κ3) is 4.10. The Morgan fingerprint density at radius 3 is 2.50 bits per heavy atom. The third-order valence-corrected chi connectivity index (χ3v) is 2.01. The van der Waals surface area contributed by atoms with E-state index in [-0.39, 0.29) is 6.42 Å². The van der Waals surface area contributed by atoms with Crippen molar-refractivity contribution in [3.8, 4) is 0 Å². The number of amides is 2. The molecule has 16 heavy (non-hydrogen) atoms. The number of rotatable bonds is 5. The van der Waals surface area contributed by atoms with E-state index >= 15 is 0 Å². The second kappa shape index (κ2) is 5.87. The molecule has 0 bridgehead atoms. The molecule has 86 valence electrons. The molecule has 1 rings (SSSR count). The minimum atomic E-state index is -1.37. The smallest absolute Gasteiger partial charge is 0.249 e. The lowest BCUT2D eigenvalue weighted by molar-refractivity contribution is -0.133. The van der Waals surface area contributed by atoms with Crippen molar-refractivity contribution in [3.63, 3.8) is 0 Å². The third-order valence-electron chi connectivity index (χ3n) is 2.01. The first-order valence-electron chi connectivity index (χ1n) is 4.87. The Morgan fingerprint density at radius 1 is 1.31 bits per heavy atom. The standard InChI is InChI=1S/C11H14N2O3/c12-10(15)6-9(14)11(16)13-7-8-4-2-1-3-5-8/h1-5,9,14H,6-7H2,(H2,12,15)(H,13,16)/t9-/m1/s1. The Balaban J connectivity index is 2.38. The molecule has 0 unspecified atom stereocenters. The van der Waals surface area contributed by atoms with E-state index < -0.39 is 17.9 Å². The quantitative estimate of drug-likeness (QED) is 0.629. The average molecular weight is 222 g/mol. The molecular formula is C11H14N2O3. The fourth-order valence-corrected chi connectivity index (χ4v) is 1.19. The lowest BCUT2D eigenvalue weighted by Crippen LogP contribution is -2.36. The Hall–Kier alpha value is -1.88. The molecule has 0 aliphatic carbocycles. The predicted octanol–water partition coefficient (Wildman–Crippen LogP) is -0.461. The minimum absolute atomic E-state index is 0.315. The van der Waals surface area contributed by atoms with Gasteiger partial charge in [-0.3, -0.25) is 9.59 Å². The van der Waals surface area contributed by atoms with Crippen LogP contribution in [0.4, 0.5) is 0 Å². The normalized spacial score (nSPS) is 11.8. The summed E-state index contributed by atoms with van der Waals surface area (Å²) < 4.78 is 0. The average Bonchev–Trinajstić information content (AvgIpc) is 2.26. The van der Waals surface area contributed by atoms with Gasteiger partial charge in [0.2, 0.25) is 11.8 Å². The van der Waals surface area contributed by atoms with Crippen LogP contribution in [-0.4, -0.2) is 23.0 Å². The molecular weight excluding hydrogens is 208 g/mol. The van der Waals surface area contributed by atoms with Gasteiger partial charge in [-0.1, -0.05) is 30.3 Å². The van der Waals surface area contributed by atoms with Crippen LogP contribution in [0, 0.1) is 0 Å². The van der Waals surface area contributed by atoms with Gasteiger partial charge in [0.05, 0.1) is 6.42 Å². The van der Waals surface area contributed by atoms with Crippen molar-refractivity contribution in [2.24, 2.45) is 5.73 Å². The molecule has 0 radical (unpaired) electrons. The molecule has 5 heteroatoms. The van der Waals surface area contributed by atoms with Crippen molar-refractivity contribution in [1.82, 2.24) is 5.32 Å². The van der Waals surface area contributed by atoms with Crippen LogP contribution in [-0.2, 0) is 16.1 Å². The van der Waals surface area contributed by atoms with E-state index in [4.69, 9.17) is 5.73 Å². The number of aliphatic hydroxyl groups is 1. The SMILES string of the molecule is NC(=O)C[C@@H](O)C(=O)NCc1ccccc1. The summed E-state index contributed by atoms with van der Waals surface area (Å²) in [6.45, 7) is 0.315. The van der Waals surface area contributed by atoms with E-state index in [0.717, 1.165) is 5.56 Å². The van der Waals surface area contributed by atoms with E-state index in [1.165, 1.54) is 0 Å². The zero-order valence-electron chi connectivity index (χ0n) is 8.72. The van der Waals surface area contributed by atoms with Crippen LogP contribution in [0.2, 0.25) is 0 Å². The van der Waals surface area contributed by atoms with Crippen LogP contribution >= 0.6 is 0 Å². The first kappa shape index (κ1) is 12.2. The number of carbonyl (C=O) groups excluding carboxylic acids is 2. The fourth-order valence-electron chi connectivity index (χ4n) is 1.19. The molecule has 0 fully saturated rings. The molecule has 1 atom stereocenters. The highest BCUT2D eigenvalue weighted by atomic mass is 16.3. The highest BCUT2D eigenvalue weighted by Crippen LogP contribution is 1.98. The van der Waals surface area contributed by atoms with Gasteiger partial charge in [0.25, 0.3) is 0 Å². The summed E-state index contributed by atoms with van der Waals surface area (Å²) in [6.07, 6.45) is -1.73. The van der Waals surface area contributed by atoms with E-state index in [1.807, 2.05) is 30.3 Å². The Morgan fingerprint density at radius 2 is 1.94 bits per heavy atom. The Labute approximate surface area is 93.3 Å². The first-order valence-corrected chi connectivity index (χ1v) is 4.87. The number of carbonyl (C=O) groups is 2. The highest BCUT2D eigenvalue weighted by Gasteiger charge is 2.16. The van der Waals surface area contributed by atoms with Crippen molar-refractivity contribution in [3.05, 3.63) is 35.9 Å². The van der Waals surface area contributed by atoms with Crippen LogP contribution in [0.3, 0.4) is 0 Å². The van der Waals surface area contributed by atoms with Crippen LogP contribution in [0.25, 0.3) is 0 Å². The number of hydrogen-bond donors (Lipinski definition) is 3. The van der Waals surface area contributed by atoms with Crippen molar-refractivity contribution in [1.29, 1.82) is 0 Å². The molecule has 1 aromatic rings. The topological polar surface area (TPSA) is 92.4 Å². The summed E-state index contributed by atoms with van der Waals surface area (Å²) in [5.74, 6) is -1.30. The van der Waals surface area contributed by atoms with E-state index in [1.54, 1.807) is 0 Å². The maximum absolute atomic E-state index is 11.3. The van der Waals surface area contributed by atoms with Gasteiger partial charge in [-0.25, -0.2) is 0 Å². The van der Waals surface area contributed by atoms with Crippen LogP contribution in [0.15, 0.2) is 30.3 Å². The molecule has 5 nitrogen and oxygen atoms in total. The number of hydrogen-bond acceptors (Lipinski definition) is 3. The molecule has 4 N–H and O–H groups in total. The van der Waals surface area contributed by atoms with Crippen molar-refractivity contribution in [2.45, 2.75) is 19.1 Å². The number of benzene rings is 1. The molecule has 0 aliphatic heterocycles. The molecule has 0 spiro atoms. The van der Waals surface area contributed by atoms with Crippen molar-refractivity contribution >= 4 is 11.8 Å². The summed E-state index contributed by atoms with van der Waals surface area (Å²) in [4.78, 5) is 21.8. The van der Waals surface area contributed by atoms with Crippen molar-refractivity contribution < 1.29 is 14.7 Å². The fraction of sp³-hybridized carbons (Fsp3) is 0.273. The molecule has 2 amide bonds. The van der Waals surface area contributed by atoms with E-state index in [9.17, 15) is 14.7 Å². The molecule has 1 aromatic carbocycles. The summed E-state index contributed by atoms with van der Waals surface area (Å²) in [7, 11) is 0. The van der Waals surface area contributed by atoms with E-state index in [2.05, 4.69) is 5.32 Å². The van der Waals surface area contributed by atoms with Gasteiger partial charge in [-0.2, -0.15) is 0 Å².